The second-order valence-electron chi connectivity index (χ2n) is 6.84. The van der Waals surface area contributed by atoms with Crippen LogP contribution in [0.3, 0.4) is 0 Å². The second-order valence-corrected chi connectivity index (χ2v) is 8.70. The van der Waals surface area contributed by atoms with Gasteiger partial charge in [-0.3, -0.25) is 9.10 Å². The zero-order chi connectivity index (χ0) is 20.7. The minimum absolute atomic E-state index is 0.278. The van der Waals surface area contributed by atoms with Crippen molar-refractivity contribution in [1.29, 1.82) is 0 Å². The van der Waals surface area contributed by atoms with Gasteiger partial charge in [-0.1, -0.05) is 31.2 Å². The average Bonchev–Trinajstić information content (AvgIpc) is 2.63. The van der Waals surface area contributed by atoms with Gasteiger partial charge < -0.3 is 5.32 Å². The highest BCUT2D eigenvalue weighted by molar-refractivity contribution is 7.92. The summed E-state index contributed by atoms with van der Waals surface area (Å²) < 4.78 is 38.9. The van der Waals surface area contributed by atoms with Crippen LogP contribution in [0.2, 0.25) is 0 Å². The summed E-state index contributed by atoms with van der Waals surface area (Å²) in [6.45, 7) is 4.08. The van der Waals surface area contributed by atoms with Gasteiger partial charge in [-0.2, -0.15) is 0 Å². The fraction of sp³-hybridized carbons (Fsp3) is 0.381. The third-order valence-electron chi connectivity index (χ3n) is 4.44. The summed E-state index contributed by atoms with van der Waals surface area (Å²) >= 11 is 0. The molecule has 5 nitrogen and oxygen atoms in total. The van der Waals surface area contributed by atoms with Gasteiger partial charge in [0.1, 0.15) is 11.9 Å². The van der Waals surface area contributed by atoms with Gasteiger partial charge in [0, 0.05) is 6.54 Å². The van der Waals surface area contributed by atoms with Crippen molar-refractivity contribution in [3.63, 3.8) is 0 Å². The van der Waals surface area contributed by atoms with Gasteiger partial charge in [-0.25, -0.2) is 12.8 Å². The van der Waals surface area contributed by atoms with Crippen molar-refractivity contribution in [3.05, 3.63) is 65.5 Å². The van der Waals surface area contributed by atoms with E-state index in [-0.39, 0.29) is 11.7 Å². The maximum atomic E-state index is 12.9. The van der Waals surface area contributed by atoms with Crippen molar-refractivity contribution in [1.82, 2.24) is 5.32 Å². The van der Waals surface area contributed by atoms with Gasteiger partial charge in [0.2, 0.25) is 15.9 Å². The summed E-state index contributed by atoms with van der Waals surface area (Å²) in [5.74, 6) is -0.603. The number of rotatable bonds is 9. The molecule has 1 atom stereocenters. The van der Waals surface area contributed by atoms with Gasteiger partial charge in [-0.15, -0.1) is 0 Å². The zero-order valence-electron chi connectivity index (χ0n) is 16.5. The Morgan fingerprint density at radius 1 is 1.18 bits per heavy atom. The number of carbonyl (C=O) groups is 1. The Bertz CT molecular complexity index is 898. The first-order valence-corrected chi connectivity index (χ1v) is 11.2. The van der Waals surface area contributed by atoms with E-state index < -0.39 is 16.1 Å². The van der Waals surface area contributed by atoms with Crippen LogP contribution < -0.4 is 9.62 Å². The molecule has 0 heterocycles. The lowest BCUT2D eigenvalue weighted by molar-refractivity contribution is -0.122. The Labute approximate surface area is 166 Å². The number of benzene rings is 2. The van der Waals surface area contributed by atoms with Gasteiger partial charge in [0.15, 0.2) is 0 Å². The molecule has 0 saturated carbocycles. The van der Waals surface area contributed by atoms with E-state index in [1.54, 1.807) is 37.3 Å². The minimum Gasteiger partial charge on any atom is -0.354 e. The maximum Gasteiger partial charge on any atom is 0.243 e. The SMILES string of the molecule is CCC(C(=O)NCCCc1ccc(F)cc1)N(c1cccc(C)c1)S(C)(=O)=O. The average molecular weight is 407 g/mol. The predicted molar refractivity (Wildman–Crippen MR) is 110 cm³/mol. The van der Waals surface area contributed by atoms with E-state index in [0.717, 1.165) is 17.4 Å². The molecule has 0 radical (unpaired) electrons. The number of nitrogens with one attached hydrogen (secondary N) is 1. The molecule has 0 aliphatic carbocycles. The summed E-state index contributed by atoms with van der Waals surface area (Å²) in [5, 5.41) is 2.83. The Balaban J connectivity index is 2.04. The summed E-state index contributed by atoms with van der Waals surface area (Å²) in [4.78, 5) is 12.7. The molecule has 0 fully saturated rings. The highest BCUT2D eigenvalue weighted by atomic mass is 32.2. The van der Waals surface area contributed by atoms with Gasteiger partial charge in [0.05, 0.1) is 11.9 Å². The molecule has 1 unspecified atom stereocenters. The van der Waals surface area contributed by atoms with Crippen molar-refractivity contribution in [2.75, 3.05) is 17.1 Å². The molecule has 7 heteroatoms. The lowest BCUT2D eigenvalue weighted by Gasteiger charge is -2.30. The number of halogens is 1. The van der Waals surface area contributed by atoms with Crippen LogP contribution in [-0.2, 0) is 21.2 Å². The van der Waals surface area contributed by atoms with Crippen LogP contribution in [0.25, 0.3) is 0 Å². The van der Waals surface area contributed by atoms with Crippen LogP contribution in [0.15, 0.2) is 48.5 Å². The maximum absolute atomic E-state index is 12.9. The summed E-state index contributed by atoms with van der Waals surface area (Å²) in [6.07, 6.45) is 2.84. The number of hydrogen-bond donors (Lipinski definition) is 1. The first-order valence-electron chi connectivity index (χ1n) is 9.30. The molecule has 0 aliphatic heterocycles. The highest BCUT2D eigenvalue weighted by Gasteiger charge is 2.31. The topological polar surface area (TPSA) is 66.5 Å². The molecule has 152 valence electrons. The molecular formula is C21H27FN2O3S. The molecule has 0 aromatic heterocycles. The van der Waals surface area contributed by atoms with Crippen LogP contribution in [0.4, 0.5) is 10.1 Å². The molecule has 0 aliphatic rings. The standard InChI is InChI=1S/C21H27FN2O3S/c1-4-20(24(28(3,26)27)19-9-5-7-16(2)15-19)21(25)23-14-6-8-17-10-12-18(22)13-11-17/h5,7,9-13,15,20H,4,6,8,14H2,1-3H3,(H,23,25). The lowest BCUT2D eigenvalue weighted by atomic mass is 10.1. The Morgan fingerprint density at radius 3 is 2.43 bits per heavy atom. The first kappa shape index (κ1) is 21.9. The summed E-state index contributed by atoms with van der Waals surface area (Å²) in [7, 11) is -3.63. The molecule has 1 N–H and O–H groups in total. The van der Waals surface area contributed by atoms with Crippen LogP contribution in [0, 0.1) is 12.7 Å². The molecule has 0 spiro atoms. The molecule has 1 amide bonds. The van der Waals surface area contributed by atoms with Gasteiger partial charge in [-0.05, 0) is 61.6 Å². The molecule has 2 aromatic carbocycles. The molecule has 0 saturated heterocycles. The van der Waals surface area contributed by atoms with Crippen LogP contribution in [-0.4, -0.2) is 33.2 Å². The van der Waals surface area contributed by atoms with Crippen LogP contribution in [0.5, 0.6) is 0 Å². The van der Waals surface area contributed by atoms with Gasteiger partial charge in [0.25, 0.3) is 0 Å². The summed E-state index contributed by atoms with van der Waals surface area (Å²) in [5.41, 5.74) is 2.39. The lowest BCUT2D eigenvalue weighted by Crippen LogP contribution is -2.49. The minimum atomic E-state index is -3.63. The van der Waals surface area contributed by atoms with E-state index in [1.165, 1.54) is 16.4 Å². The largest absolute Gasteiger partial charge is 0.354 e. The van der Waals surface area contributed by atoms with E-state index in [4.69, 9.17) is 0 Å². The first-order chi connectivity index (χ1) is 13.2. The molecule has 0 bridgehead atoms. The predicted octanol–water partition coefficient (Wildman–Crippen LogP) is 3.43. The number of hydrogen-bond acceptors (Lipinski definition) is 3. The zero-order valence-corrected chi connectivity index (χ0v) is 17.3. The molecule has 28 heavy (non-hydrogen) atoms. The number of carbonyl (C=O) groups excluding carboxylic acids is 1. The highest BCUT2D eigenvalue weighted by Crippen LogP contribution is 2.23. The fourth-order valence-corrected chi connectivity index (χ4v) is 4.30. The van der Waals surface area contributed by atoms with Crippen molar-refractivity contribution >= 4 is 21.6 Å². The number of aryl methyl sites for hydroxylation is 2. The molecule has 2 rings (SSSR count). The molecular weight excluding hydrogens is 379 g/mol. The van der Waals surface area contributed by atoms with E-state index in [1.807, 2.05) is 13.0 Å². The van der Waals surface area contributed by atoms with Gasteiger partial charge >= 0.3 is 0 Å². The van der Waals surface area contributed by atoms with Crippen molar-refractivity contribution in [3.8, 4) is 0 Å². The fourth-order valence-electron chi connectivity index (χ4n) is 3.10. The van der Waals surface area contributed by atoms with Crippen LogP contribution >= 0.6 is 0 Å². The van der Waals surface area contributed by atoms with E-state index in [9.17, 15) is 17.6 Å². The second kappa shape index (κ2) is 9.68. The van der Waals surface area contributed by atoms with E-state index >= 15 is 0 Å². The third kappa shape index (κ3) is 6.05. The smallest absolute Gasteiger partial charge is 0.243 e. The van der Waals surface area contributed by atoms with E-state index in [0.29, 0.717) is 31.5 Å². The van der Waals surface area contributed by atoms with E-state index in [2.05, 4.69) is 5.32 Å². The van der Waals surface area contributed by atoms with Crippen molar-refractivity contribution < 1.29 is 17.6 Å². The third-order valence-corrected chi connectivity index (χ3v) is 5.62. The number of amides is 1. The quantitative estimate of drug-likeness (QED) is 0.649. The van der Waals surface area contributed by atoms with Crippen LogP contribution in [0.1, 0.15) is 30.9 Å². The number of nitrogens with zero attached hydrogens (tertiary/aromatic N) is 1. The number of anilines is 1. The summed E-state index contributed by atoms with van der Waals surface area (Å²) in [6, 6.07) is 12.5. The Morgan fingerprint density at radius 2 is 1.86 bits per heavy atom. The number of sulfonamides is 1. The van der Waals surface area contributed by atoms with Crippen molar-refractivity contribution in [2.24, 2.45) is 0 Å². The van der Waals surface area contributed by atoms with Crippen molar-refractivity contribution in [2.45, 2.75) is 39.2 Å². The monoisotopic (exact) mass is 406 g/mol. The Kier molecular flexibility index (Phi) is 7.57. The normalized spacial score (nSPS) is 12.4. The Hall–Kier alpha value is -2.41. The molecule has 2 aromatic rings.